The lowest BCUT2D eigenvalue weighted by molar-refractivity contribution is -0.111. The van der Waals surface area contributed by atoms with Crippen LogP contribution in [0.2, 0.25) is 5.02 Å². The Morgan fingerprint density at radius 2 is 2.12 bits per heavy atom. The molecule has 1 amide bonds. The lowest BCUT2D eigenvalue weighted by Crippen LogP contribution is -2.36. The Morgan fingerprint density at radius 3 is 2.84 bits per heavy atom. The number of nitrogens with one attached hydrogen (secondary N) is 1. The summed E-state index contributed by atoms with van der Waals surface area (Å²) in [5.41, 5.74) is 1.79. The molecule has 25 heavy (non-hydrogen) atoms. The molecule has 138 valence electrons. The SMILES string of the molecule is C/C=C/C(=O)Nc1cc(N2CCCN(C(C)CCC)CC2)ccc1Cl. The lowest BCUT2D eigenvalue weighted by Gasteiger charge is -2.28. The first-order chi connectivity index (χ1) is 12.0. The normalized spacial score (nSPS) is 17.5. The highest BCUT2D eigenvalue weighted by atomic mass is 35.5. The molecule has 1 heterocycles. The summed E-state index contributed by atoms with van der Waals surface area (Å²) in [5.74, 6) is -0.156. The van der Waals surface area contributed by atoms with Crippen LogP contribution in [0.25, 0.3) is 0 Å². The van der Waals surface area contributed by atoms with Gasteiger partial charge in [0.1, 0.15) is 0 Å². The van der Waals surface area contributed by atoms with E-state index in [1.807, 2.05) is 25.1 Å². The zero-order chi connectivity index (χ0) is 18.2. The van der Waals surface area contributed by atoms with Gasteiger partial charge < -0.3 is 10.2 Å². The van der Waals surface area contributed by atoms with Crippen LogP contribution in [-0.4, -0.2) is 43.0 Å². The number of benzene rings is 1. The first-order valence-electron chi connectivity index (χ1n) is 9.27. The average Bonchev–Trinajstić information content (AvgIpc) is 2.83. The van der Waals surface area contributed by atoms with Crippen molar-refractivity contribution in [3.05, 3.63) is 35.4 Å². The molecule has 0 radical (unpaired) electrons. The van der Waals surface area contributed by atoms with E-state index in [1.54, 1.807) is 6.08 Å². The van der Waals surface area contributed by atoms with Crippen LogP contribution in [0.1, 0.15) is 40.0 Å². The summed E-state index contributed by atoms with van der Waals surface area (Å²) in [5, 5.41) is 3.42. The van der Waals surface area contributed by atoms with Gasteiger partial charge in [-0.3, -0.25) is 9.69 Å². The molecule has 0 saturated carbocycles. The van der Waals surface area contributed by atoms with E-state index in [1.165, 1.54) is 18.9 Å². The van der Waals surface area contributed by atoms with E-state index < -0.39 is 0 Å². The Labute approximate surface area is 156 Å². The van der Waals surface area contributed by atoms with Gasteiger partial charge in [0.2, 0.25) is 5.91 Å². The molecule has 1 aromatic rings. The van der Waals surface area contributed by atoms with Crippen molar-refractivity contribution in [1.82, 2.24) is 4.90 Å². The van der Waals surface area contributed by atoms with Gasteiger partial charge in [-0.05, 0) is 51.0 Å². The quantitative estimate of drug-likeness (QED) is 0.753. The third kappa shape index (κ3) is 5.75. The molecule has 1 N–H and O–H groups in total. The van der Waals surface area contributed by atoms with E-state index in [2.05, 4.69) is 29.0 Å². The van der Waals surface area contributed by atoms with E-state index >= 15 is 0 Å². The van der Waals surface area contributed by atoms with E-state index in [4.69, 9.17) is 11.6 Å². The van der Waals surface area contributed by atoms with Crippen molar-refractivity contribution in [1.29, 1.82) is 0 Å². The van der Waals surface area contributed by atoms with Crippen LogP contribution in [0, 0.1) is 0 Å². The van der Waals surface area contributed by atoms with Gasteiger partial charge >= 0.3 is 0 Å². The highest BCUT2D eigenvalue weighted by molar-refractivity contribution is 6.34. The summed E-state index contributed by atoms with van der Waals surface area (Å²) in [6.07, 6.45) is 6.85. The number of carbonyl (C=O) groups excluding carboxylic acids is 1. The highest BCUT2D eigenvalue weighted by Gasteiger charge is 2.19. The first-order valence-corrected chi connectivity index (χ1v) is 9.65. The monoisotopic (exact) mass is 363 g/mol. The Bertz CT molecular complexity index is 603. The van der Waals surface area contributed by atoms with Crippen LogP contribution in [0.3, 0.4) is 0 Å². The summed E-state index contributed by atoms with van der Waals surface area (Å²) in [7, 11) is 0. The molecular weight excluding hydrogens is 334 g/mol. The number of rotatable bonds is 6. The zero-order valence-corrected chi connectivity index (χ0v) is 16.4. The number of amides is 1. The second-order valence-corrected chi connectivity index (χ2v) is 7.07. The van der Waals surface area contributed by atoms with Gasteiger partial charge in [-0.25, -0.2) is 0 Å². The number of nitrogens with zero attached hydrogens (tertiary/aromatic N) is 2. The third-order valence-corrected chi connectivity index (χ3v) is 5.08. The molecule has 1 fully saturated rings. The molecule has 1 aliphatic rings. The van der Waals surface area contributed by atoms with E-state index in [-0.39, 0.29) is 5.91 Å². The lowest BCUT2D eigenvalue weighted by atomic mass is 10.1. The second kappa shape index (κ2) is 9.83. The minimum Gasteiger partial charge on any atom is -0.370 e. The maximum Gasteiger partial charge on any atom is 0.248 e. The molecule has 0 aliphatic carbocycles. The second-order valence-electron chi connectivity index (χ2n) is 6.67. The molecule has 1 aromatic carbocycles. The molecule has 2 rings (SSSR count). The Balaban J connectivity index is 2.07. The van der Waals surface area contributed by atoms with Gasteiger partial charge in [-0.15, -0.1) is 0 Å². The van der Waals surface area contributed by atoms with E-state index in [9.17, 15) is 4.79 Å². The topological polar surface area (TPSA) is 35.6 Å². The predicted molar refractivity (Wildman–Crippen MR) is 108 cm³/mol. The summed E-state index contributed by atoms with van der Waals surface area (Å²) in [6.45, 7) is 10.6. The minimum absolute atomic E-state index is 0.156. The average molecular weight is 364 g/mol. The van der Waals surface area contributed by atoms with Crippen LogP contribution < -0.4 is 10.2 Å². The van der Waals surface area contributed by atoms with Crippen molar-refractivity contribution in [2.24, 2.45) is 0 Å². The van der Waals surface area contributed by atoms with Gasteiger partial charge in [0.15, 0.2) is 0 Å². The van der Waals surface area contributed by atoms with Gasteiger partial charge in [-0.1, -0.05) is 31.0 Å². The largest absolute Gasteiger partial charge is 0.370 e. The number of carbonyl (C=O) groups is 1. The number of anilines is 2. The zero-order valence-electron chi connectivity index (χ0n) is 15.6. The molecule has 0 bridgehead atoms. The summed E-state index contributed by atoms with van der Waals surface area (Å²) < 4.78 is 0. The van der Waals surface area contributed by atoms with Gasteiger partial charge in [0.25, 0.3) is 0 Å². The van der Waals surface area contributed by atoms with E-state index in [0.29, 0.717) is 16.8 Å². The summed E-state index contributed by atoms with van der Waals surface area (Å²) in [6, 6.07) is 6.53. The van der Waals surface area contributed by atoms with Crippen LogP contribution in [-0.2, 0) is 4.79 Å². The van der Waals surface area contributed by atoms with Crippen molar-refractivity contribution < 1.29 is 4.79 Å². The van der Waals surface area contributed by atoms with Gasteiger partial charge in [0, 0.05) is 37.9 Å². The fourth-order valence-corrected chi connectivity index (χ4v) is 3.53. The molecular formula is C20H30ClN3O. The van der Waals surface area contributed by atoms with E-state index in [0.717, 1.165) is 38.3 Å². The molecule has 5 heteroatoms. The third-order valence-electron chi connectivity index (χ3n) is 4.75. The molecule has 1 saturated heterocycles. The van der Waals surface area contributed by atoms with Gasteiger partial charge in [0.05, 0.1) is 10.7 Å². The fourth-order valence-electron chi connectivity index (χ4n) is 3.37. The fraction of sp³-hybridized carbons (Fsp3) is 0.550. The summed E-state index contributed by atoms with van der Waals surface area (Å²) >= 11 is 6.25. The summed E-state index contributed by atoms with van der Waals surface area (Å²) in [4.78, 5) is 16.8. The van der Waals surface area contributed by atoms with Crippen molar-refractivity contribution in [3.8, 4) is 0 Å². The molecule has 4 nitrogen and oxygen atoms in total. The molecule has 1 aliphatic heterocycles. The van der Waals surface area contributed by atoms with Crippen molar-refractivity contribution >= 4 is 28.9 Å². The Hall–Kier alpha value is -1.52. The van der Waals surface area contributed by atoms with Crippen molar-refractivity contribution in [2.75, 3.05) is 36.4 Å². The standard InChI is InChI=1S/C20H30ClN3O/c1-4-7-16(3)23-11-6-12-24(14-13-23)17-9-10-18(21)19(15-17)22-20(25)8-5-2/h5,8-10,15-16H,4,6-7,11-14H2,1-3H3,(H,22,25)/b8-5+. The smallest absolute Gasteiger partial charge is 0.248 e. The maximum atomic E-state index is 11.8. The number of hydrogen-bond donors (Lipinski definition) is 1. The van der Waals surface area contributed by atoms with Crippen LogP contribution in [0.15, 0.2) is 30.4 Å². The highest BCUT2D eigenvalue weighted by Crippen LogP contribution is 2.28. The maximum absolute atomic E-state index is 11.8. The van der Waals surface area contributed by atoms with Crippen molar-refractivity contribution in [3.63, 3.8) is 0 Å². The molecule has 0 aromatic heterocycles. The number of allylic oxidation sites excluding steroid dienone is 1. The first kappa shape index (κ1) is 19.8. The molecule has 1 atom stereocenters. The van der Waals surface area contributed by atoms with Gasteiger partial charge in [-0.2, -0.15) is 0 Å². The van der Waals surface area contributed by atoms with Crippen LogP contribution >= 0.6 is 11.6 Å². The Morgan fingerprint density at radius 1 is 1.32 bits per heavy atom. The number of hydrogen-bond acceptors (Lipinski definition) is 3. The number of halogens is 1. The Kier molecular flexibility index (Phi) is 7.79. The van der Waals surface area contributed by atoms with Crippen LogP contribution in [0.4, 0.5) is 11.4 Å². The molecule has 0 spiro atoms. The van der Waals surface area contributed by atoms with Crippen molar-refractivity contribution in [2.45, 2.75) is 46.1 Å². The van der Waals surface area contributed by atoms with Crippen LogP contribution in [0.5, 0.6) is 0 Å². The minimum atomic E-state index is -0.156. The molecule has 1 unspecified atom stereocenters. The predicted octanol–water partition coefficient (Wildman–Crippen LogP) is 4.56.